The Kier molecular flexibility index (Phi) is 4.09. The summed E-state index contributed by atoms with van der Waals surface area (Å²) in [5, 5.41) is 12.4. The van der Waals surface area contributed by atoms with Gasteiger partial charge in [-0.15, -0.1) is 0 Å². The first-order valence-electron chi connectivity index (χ1n) is 6.72. The SMILES string of the molecule is Cc1ccc(C(=O)NCC(=O)N2CCC(C)(O)C2)cc1. The molecule has 0 bridgehead atoms. The number of amides is 2. The van der Waals surface area contributed by atoms with Crippen molar-refractivity contribution in [3.8, 4) is 0 Å². The fourth-order valence-corrected chi connectivity index (χ4v) is 2.23. The minimum absolute atomic E-state index is 0.0389. The van der Waals surface area contributed by atoms with Gasteiger partial charge in [-0.2, -0.15) is 0 Å². The molecular weight excluding hydrogens is 256 g/mol. The highest BCUT2D eigenvalue weighted by molar-refractivity contribution is 5.96. The average molecular weight is 276 g/mol. The maximum atomic E-state index is 11.9. The molecule has 108 valence electrons. The van der Waals surface area contributed by atoms with Crippen molar-refractivity contribution in [2.75, 3.05) is 19.6 Å². The number of hydrogen-bond acceptors (Lipinski definition) is 3. The Morgan fingerprint density at radius 1 is 1.35 bits per heavy atom. The van der Waals surface area contributed by atoms with E-state index < -0.39 is 5.60 Å². The van der Waals surface area contributed by atoms with E-state index in [0.29, 0.717) is 25.1 Å². The summed E-state index contributed by atoms with van der Waals surface area (Å²) in [5.74, 6) is -0.424. The molecule has 0 saturated carbocycles. The van der Waals surface area contributed by atoms with Crippen LogP contribution in [0.2, 0.25) is 0 Å². The van der Waals surface area contributed by atoms with Crippen LogP contribution in [-0.2, 0) is 4.79 Å². The summed E-state index contributed by atoms with van der Waals surface area (Å²) in [7, 11) is 0. The number of hydrogen-bond donors (Lipinski definition) is 2. The Bertz CT molecular complexity index is 508. The van der Waals surface area contributed by atoms with Crippen molar-refractivity contribution in [1.82, 2.24) is 10.2 Å². The number of nitrogens with one attached hydrogen (secondary N) is 1. The number of aryl methyl sites for hydroxylation is 1. The summed E-state index contributed by atoms with van der Waals surface area (Å²) >= 11 is 0. The van der Waals surface area contributed by atoms with Gasteiger partial charge in [-0.25, -0.2) is 0 Å². The molecule has 0 aromatic heterocycles. The van der Waals surface area contributed by atoms with Crippen LogP contribution in [0.1, 0.15) is 29.3 Å². The van der Waals surface area contributed by atoms with Crippen molar-refractivity contribution in [2.24, 2.45) is 0 Å². The van der Waals surface area contributed by atoms with Crippen LogP contribution in [0.3, 0.4) is 0 Å². The predicted molar refractivity (Wildman–Crippen MR) is 75.3 cm³/mol. The van der Waals surface area contributed by atoms with E-state index in [4.69, 9.17) is 0 Å². The van der Waals surface area contributed by atoms with E-state index in [1.54, 1.807) is 24.0 Å². The second kappa shape index (κ2) is 5.63. The summed E-state index contributed by atoms with van der Waals surface area (Å²) in [6, 6.07) is 7.17. The molecule has 5 heteroatoms. The topological polar surface area (TPSA) is 69.6 Å². The number of benzene rings is 1. The molecule has 0 spiro atoms. The summed E-state index contributed by atoms with van der Waals surface area (Å²) in [5.41, 5.74) is 0.810. The molecule has 2 rings (SSSR count). The first kappa shape index (κ1) is 14.5. The van der Waals surface area contributed by atoms with E-state index in [-0.39, 0.29) is 18.4 Å². The van der Waals surface area contributed by atoms with Gasteiger partial charge in [0.25, 0.3) is 5.91 Å². The highest BCUT2D eigenvalue weighted by Crippen LogP contribution is 2.19. The molecule has 1 aliphatic rings. The lowest BCUT2D eigenvalue weighted by Crippen LogP contribution is -2.40. The molecular formula is C15H20N2O3. The normalized spacial score (nSPS) is 21.9. The molecule has 1 aromatic carbocycles. The van der Waals surface area contributed by atoms with Crippen LogP contribution < -0.4 is 5.32 Å². The van der Waals surface area contributed by atoms with Crippen LogP contribution in [0.15, 0.2) is 24.3 Å². The van der Waals surface area contributed by atoms with Crippen molar-refractivity contribution in [2.45, 2.75) is 25.9 Å². The fraction of sp³-hybridized carbons (Fsp3) is 0.467. The van der Waals surface area contributed by atoms with E-state index in [2.05, 4.69) is 5.32 Å². The van der Waals surface area contributed by atoms with Crippen molar-refractivity contribution < 1.29 is 14.7 Å². The lowest BCUT2D eigenvalue weighted by atomic mass is 10.1. The Balaban J connectivity index is 1.84. The van der Waals surface area contributed by atoms with Crippen molar-refractivity contribution in [3.05, 3.63) is 35.4 Å². The Morgan fingerprint density at radius 3 is 2.55 bits per heavy atom. The number of β-amino-alcohol motifs (C(OH)–C–C–N with tert-alkyl or cyclic N) is 1. The third-order valence-corrected chi connectivity index (χ3v) is 3.52. The monoisotopic (exact) mass is 276 g/mol. The zero-order chi connectivity index (χ0) is 14.8. The molecule has 0 aliphatic carbocycles. The van der Waals surface area contributed by atoms with Crippen LogP contribution in [0.25, 0.3) is 0 Å². The molecule has 20 heavy (non-hydrogen) atoms. The van der Waals surface area contributed by atoms with Gasteiger partial charge in [-0.1, -0.05) is 17.7 Å². The van der Waals surface area contributed by atoms with E-state index >= 15 is 0 Å². The third kappa shape index (κ3) is 3.57. The van der Waals surface area contributed by atoms with Crippen molar-refractivity contribution in [1.29, 1.82) is 0 Å². The van der Waals surface area contributed by atoms with E-state index in [0.717, 1.165) is 5.56 Å². The summed E-state index contributed by atoms with van der Waals surface area (Å²) < 4.78 is 0. The number of carbonyl (C=O) groups excluding carboxylic acids is 2. The van der Waals surface area contributed by atoms with E-state index in [1.165, 1.54) is 0 Å². The van der Waals surface area contributed by atoms with Gasteiger partial charge in [0, 0.05) is 18.7 Å². The van der Waals surface area contributed by atoms with Gasteiger partial charge in [0.15, 0.2) is 0 Å². The second-order valence-corrected chi connectivity index (χ2v) is 5.61. The molecule has 0 radical (unpaired) electrons. The quantitative estimate of drug-likeness (QED) is 0.854. The zero-order valence-electron chi connectivity index (χ0n) is 11.8. The fourth-order valence-electron chi connectivity index (χ4n) is 2.23. The standard InChI is InChI=1S/C15H20N2O3/c1-11-3-5-12(6-4-11)14(19)16-9-13(18)17-8-7-15(2,20)10-17/h3-6,20H,7-10H2,1-2H3,(H,16,19). The molecule has 2 N–H and O–H groups in total. The molecule has 5 nitrogen and oxygen atoms in total. The average Bonchev–Trinajstić information content (AvgIpc) is 2.77. The van der Waals surface area contributed by atoms with E-state index in [9.17, 15) is 14.7 Å². The molecule has 1 unspecified atom stereocenters. The first-order chi connectivity index (χ1) is 9.37. The highest BCUT2D eigenvalue weighted by Gasteiger charge is 2.33. The van der Waals surface area contributed by atoms with Gasteiger partial charge in [-0.05, 0) is 32.4 Å². The molecule has 1 atom stereocenters. The smallest absolute Gasteiger partial charge is 0.251 e. The van der Waals surface area contributed by atoms with Crippen molar-refractivity contribution >= 4 is 11.8 Å². The van der Waals surface area contributed by atoms with E-state index in [1.807, 2.05) is 19.1 Å². The van der Waals surface area contributed by atoms with Crippen LogP contribution in [0, 0.1) is 6.92 Å². The Labute approximate surface area is 118 Å². The molecule has 2 amide bonds. The maximum Gasteiger partial charge on any atom is 0.251 e. The number of carbonyl (C=O) groups is 2. The summed E-state index contributed by atoms with van der Waals surface area (Å²) in [4.78, 5) is 25.4. The molecule has 1 saturated heterocycles. The van der Waals surface area contributed by atoms with Crippen LogP contribution in [0.5, 0.6) is 0 Å². The number of likely N-dealkylation sites (tertiary alicyclic amines) is 1. The van der Waals surface area contributed by atoms with Gasteiger partial charge >= 0.3 is 0 Å². The largest absolute Gasteiger partial charge is 0.388 e. The number of rotatable bonds is 3. The maximum absolute atomic E-state index is 11.9. The van der Waals surface area contributed by atoms with Gasteiger partial charge in [-0.3, -0.25) is 9.59 Å². The minimum Gasteiger partial charge on any atom is -0.388 e. The number of nitrogens with zero attached hydrogens (tertiary/aromatic N) is 1. The zero-order valence-corrected chi connectivity index (χ0v) is 11.8. The lowest BCUT2D eigenvalue weighted by molar-refractivity contribution is -0.129. The van der Waals surface area contributed by atoms with Crippen molar-refractivity contribution in [3.63, 3.8) is 0 Å². The van der Waals surface area contributed by atoms with Crippen LogP contribution in [0.4, 0.5) is 0 Å². The number of aliphatic hydroxyl groups is 1. The van der Waals surface area contributed by atoms with Gasteiger partial charge < -0.3 is 15.3 Å². The summed E-state index contributed by atoms with van der Waals surface area (Å²) in [6.07, 6.45) is 0.574. The predicted octanol–water partition coefficient (Wildman–Crippen LogP) is 0.708. The van der Waals surface area contributed by atoms with Gasteiger partial charge in [0.2, 0.25) is 5.91 Å². The summed E-state index contributed by atoms with van der Waals surface area (Å²) in [6.45, 7) is 4.48. The third-order valence-electron chi connectivity index (χ3n) is 3.52. The lowest BCUT2D eigenvalue weighted by Gasteiger charge is -2.19. The second-order valence-electron chi connectivity index (χ2n) is 5.61. The first-order valence-corrected chi connectivity index (χ1v) is 6.72. The molecule has 1 aliphatic heterocycles. The molecule has 1 heterocycles. The van der Waals surface area contributed by atoms with Gasteiger partial charge in [0.05, 0.1) is 12.1 Å². The Morgan fingerprint density at radius 2 is 2.00 bits per heavy atom. The highest BCUT2D eigenvalue weighted by atomic mass is 16.3. The molecule has 1 fully saturated rings. The minimum atomic E-state index is -0.809. The Hall–Kier alpha value is -1.88. The van der Waals surface area contributed by atoms with Crippen LogP contribution >= 0.6 is 0 Å². The van der Waals surface area contributed by atoms with Gasteiger partial charge in [0.1, 0.15) is 0 Å². The van der Waals surface area contributed by atoms with Crippen LogP contribution in [-0.4, -0.2) is 47.1 Å². The molecule has 1 aromatic rings.